The second kappa shape index (κ2) is 20.9. The molecular weight excluding hydrogens is 632 g/mol. The highest BCUT2D eigenvalue weighted by Crippen LogP contribution is 2.48. The Bertz CT molecular complexity index is 972. The molecule has 2 aliphatic rings. The van der Waals surface area contributed by atoms with E-state index in [1.165, 1.54) is 21.1 Å². The molecule has 0 aromatic carbocycles. The highest BCUT2D eigenvalue weighted by Gasteiger charge is 2.46. The minimum atomic E-state index is -3.41. The zero-order chi connectivity index (χ0) is 33.4. The predicted molar refractivity (Wildman–Crippen MR) is 168 cm³/mol. The number of amides is 3. The van der Waals surface area contributed by atoms with Crippen LogP contribution in [-0.4, -0.2) is 136 Å². The van der Waals surface area contributed by atoms with Gasteiger partial charge in [0.25, 0.3) is 0 Å². The maximum Gasteiger partial charge on any atom is 0.324 e. The highest BCUT2D eigenvalue weighted by atomic mass is 32.5. The second-order valence-corrected chi connectivity index (χ2v) is 13.8. The van der Waals surface area contributed by atoms with Crippen molar-refractivity contribution in [2.24, 2.45) is 5.92 Å². The summed E-state index contributed by atoms with van der Waals surface area (Å²) in [5.41, 5.74) is 0. The fraction of sp³-hybridized carbons (Fsp3) is 0.852. The Kier molecular flexibility index (Phi) is 18.6. The average molecular weight is 682 g/mol. The van der Waals surface area contributed by atoms with Crippen LogP contribution < -0.4 is 16.0 Å². The van der Waals surface area contributed by atoms with E-state index >= 15 is 0 Å². The van der Waals surface area contributed by atoms with E-state index in [1.54, 1.807) is 0 Å². The number of hydrogen-bond donors (Lipinski definition) is 7. The summed E-state index contributed by atoms with van der Waals surface area (Å²) in [5.74, 6) is -0.656. The van der Waals surface area contributed by atoms with Crippen LogP contribution >= 0.6 is 6.72 Å². The molecule has 0 aromatic heterocycles. The van der Waals surface area contributed by atoms with Gasteiger partial charge in [0.2, 0.25) is 5.91 Å². The summed E-state index contributed by atoms with van der Waals surface area (Å²) in [6.07, 6.45) is 2.36. The van der Waals surface area contributed by atoms with Crippen molar-refractivity contribution in [3.63, 3.8) is 0 Å². The number of hydrogen-bond acceptors (Lipinski definition) is 12. The Morgan fingerprint density at radius 3 is 2.33 bits per heavy atom. The normalized spacial score (nSPS) is 31.5. The van der Waals surface area contributed by atoms with E-state index in [4.69, 9.17) is 47.6 Å². The number of aliphatic hydroxyl groups is 3. The van der Waals surface area contributed by atoms with E-state index < -0.39 is 68.1 Å². The van der Waals surface area contributed by atoms with Crippen LogP contribution in [0, 0.1) is 5.92 Å². The summed E-state index contributed by atoms with van der Waals surface area (Å²) in [7, 11) is 8.99. The average Bonchev–Trinajstić information content (AvgIpc) is 3.27. The molecule has 258 valence electrons. The van der Waals surface area contributed by atoms with Gasteiger partial charge in [0.1, 0.15) is 44.4 Å². The fourth-order valence-electron chi connectivity index (χ4n) is 5.02. The van der Waals surface area contributed by atoms with Crippen LogP contribution in [0.15, 0.2) is 12.2 Å². The smallest absolute Gasteiger partial charge is 0.324 e. The lowest BCUT2D eigenvalue weighted by molar-refractivity contribution is -0.270. The SMILES string of the molecule is [B][C@@H]1O[C@H](COC)C(OP(O)(=S)OC)[C@@H]1C/C=C/CCCCNC(=O)NCCCCO[C@@H]1O[C@H](CO)[C@H](O)[C@H](O)[C@H]1NC(C)=O. The number of unbranched alkanes of at least 4 members (excludes halogenated alkanes) is 3. The Labute approximate surface area is 271 Å². The van der Waals surface area contributed by atoms with Gasteiger partial charge >= 0.3 is 12.7 Å². The van der Waals surface area contributed by atoms with Gasteiger partial charge in [-0.15, -0.1) is 0 Å². The van der Waals surface area contributed by atoms with Gasteiger partial charge in [-0.1, -0.05) is 12.2 Å². The first kappa shape index (κ1) is 40.0. The van der Waals surface area contributed by atoms with E-state index in [2.05, 4.69) is 16.0 Å². The van der Waals surface area contributed by atoms with Crippen molar-refractivity contribution in [3.8, 4) is 0 Å². The third-order valence-corrected chi connectivity index (χ3v) is 9.08. The first-order valence-corrected chi connectivity index (χ1v) is 17.7. The fourth-order valence-corrected chi connectivity index (χ4v) is 6.00. The van der Waals surface area contributed by atoms with Gasteiger partial charge in [0.05, 0.1) is 13.2 Å². The first-order valence-electron chi connectivity index (χ1n) is 15.1. The molecule has 45 heavy (non-hydrogen) atoms. The van der Waals surface area contributed by atoms with Crippen molar-refractivity contribution in [3.05, 3.63) is 12.2 Å². The van der Waals surface area contributed by atoms with Crippen molar-refractivity contribution in [2.75, 3.05) is 47.1 Å². The molecule has 15 nitrogen and oxygen atoms in total. The minimum Gasteiger partial charge on any atom is -0.394 e. The highest BCUT2D eigenvalue weighted by molar-refractivity contribution is 8.07. The van der Waals surface area contributed by atoms with Crippen molar-refractivity contribution in [1.29, 1.82) is 0 Å². The van der Waals surface area contributed by atoms with E-state index in [-0.39, 0.29) is 25.2 Å². The number of rotatable bonds is 20. The predicted octanol–water partition coefficient (Wildman–Crippen LogP) is -0.453. The standard InChI is InChI=1S/C27H49BN3O12PS/c1-17(33)31-21-23(35)22(34)19(15-32)42-26(21)40-14-10-9-13-30-27(36)29-12-8-6-4-5-7-11-18-24(43-44(37,45)39-3)20(16-38-2)41-25(18)28/h5,7,18-26,32,34-35H,4,6,8-16H2,1-3H3,(H,31,33)(H,37,45)(H2,29,30,36)/b7-5+/t18-,19+,20+,21+,22-,23+,24?,25+,26+,44?/m0/s1. The van der Waals surface area contributed by atoms with Crippen LogP contribution in [0.3, 0.4) is 0 Å². The van der Waals surface area contributed by atoms with Gasteiger partial charge in [-0.05, 0) is 50.3 Å². The summed E-state index contributed by atoms with van der Waals surface area (Å²) < 4.78 is 32.7. The molecular formula is C27H49BN3O12PS. The Balaban J connectivity index is 1.58. The summed E-state index contributed by atoms with van der Waals surface area (Å²) in [6.45, 7) is -1.27. The summed E-state index contributed by atoms with van der Waals surface area (Å²) in [6, 6.07) is -1.86. The van der Waals surface area contributed by atoms with Gasteiger partial charge in [-0.2, -0.15) is 0 Å². The Morgan fingerprint density at radius 2 is 1.71 bits per heavy atom. The number of methoxy groups -OCH3 is 1. The molecule has 2 unspecified atom stereocenters. The van der Waals surface area contributed by atoms with Crippen molar-refractivity contribution < 1.29 is 57.8 Å². The number of ether oxygens (including phenoxy) is 4. The molecule has 0 spiro atoms. The third-order valence-electron chi connectivity index (χ3n) is 7.41. The van der Waals surface area contributed by atoms with Crippen LogP contribution in [0.5, 0.6) is 0 Å². The number of allylic oxidation sites excluding steroid dienone is 2. The van der Waals surface area contributed by atoms with Gasteiger partial charge in [-0.25, -0.2) is 4.79 Å². The van der Waals surface area contributed by atoms with E-state index in [9.17, 15) is 29.8 Å². The van der Waals surface area contributed by atoms with Crippen LogP contribution in [0.1, 0.15) is 45.4 Å². The molecule has 2 heterocycles. The molecule has 0 bridgehead atoms. The van der Waals surface area contributed by atoms with Crippen molar-refractivity contribution >= 4 is 38.3 Å². The lowest BCUT2D eigenvalue weighted by atomic mass is 9.82. The van der Waals surface area contributed by atoms with Crippen LogP contribution in [0.4, 0.5) is 4.79 Å². The monoisotopic (exact) mass is 681 g/mol. The maximum absolute atomic E-state index is 12.1. The van der Waals surface area contributed by atoms with Crippen molar-refractivity contribution in [1.82, 2.24) is 16.0 Å². The molecule has 10 atom stereocenters. The maximum atomic E-state index is 12.1. The van der Waals surface area contributed by atoms with Crippen LogP contribution in [0.2, 0.25) is 0 Å². The lowest BCUT2D eigenvalue weighted by Crippen LogP contribution is -2.64. The van der Waals surface area contributed by atoms with Gasteiger partial charge in [0, 0.05) is 52.8 Å². The number of nitrogens with one attached hydrogen (secondary N) is 3. The molecule has 2 rings (SSSR count). The molecule has 2 radical (unpaired) electrons. The second-order valence-electron chi connectivity index (χ2n) is 10.9. The Hall–Kier alpha value is -1.21. The molecule has 0 saturated carbocycles. The van der Waals surface area contributed by atoms with Gasteiger partial charge in [0.15, 0.2) is 6.29 Å². The van der Waals surface area contributed by atoms with E-state index in [0.717, 1.165) is 19.3 Å². The largest absolute Gasteiger partial charge is 0.394 e. The number of urea groups is 1. The lowest BCUT2D eigenvalue weighted by Gasteiger charge is -2.42. The summed E-state index contributed by atoms with van der Waals surface area (Å²) >= 11 is 5.01. The molecule has 2 saturated heterocycles. The molecule has 2 fully saturated rings. The van der Waals surface area contributed by atoms with E-state index in [0.29, 0.717) is 32.4 Å². The molecule has 0 aromatic rings. The zero-order valence-corrected chi connectivity index (χ0v) is 27.8. The summed E-state index contributed by atoms with van der Waals surface area (Å²) in [4.78, 5) is 33.7. The topological polar surface area (TPSA) is 207 Å². The first-order chi connectivity index (χ1) is 21.4. The molecule has 18 heteroatoms. The van der Waals surface area contributed by atoms with Crippen LogP contribution in [-0.2, 0) is 44.6 Å². The minimum absolute atomic E-state index is 0.213. The van der Waals surface area contributed by atoms with Gasteiger partial charge in [-0.3, -0.25) is 4.79 Å². The van der Waals surface area contributed by atoms with Gasteiger partial charge < -0.3 is 64.2 Å². The molecule has 0 aliphatic carbocycles. The van der Waals surface area contributed by atoms with Crippen molar-refractivity contribution in [2.45, 2.75) is 94.3 Å². The molecule has 3 amide bonds. The molecule has 2 aliphatic heterocycles. The molecule has 7 N–H and O–H groups in total. The zero-order valence-electron chi connectivity index (χ0n) is 26.1. The van der Waals surface area contributed by atoms with Crippen LogP contribution in [0.25, 0.3) is 0 Å². The third kappa shape index (κ3) is 13.8. The van der Waals surface area contributed by atoms with E-state index in [1.807, 2.05) is 12.2 Å². The quantitative estimate of drug-likeness (QED) is 0.0377. The Morgan fingerprint density at radius 1 is 1.02 bits per heavy atom. The number of carbonyl (C=O) groups excluding carboxylic acids is 2. The summed E-state index contributed by atoms with van der Waals surface area (Å²) in [5, 5.41) is 37.8. The number of aliphatic hydroxyl groups excluding tert-OH is 3. The number of carbonyl (C=O) groups is 2.